The minimum Gasteiger partial charge on any atom is -0.409 e. The van der Waals surface area contributed by atoms with Crippen LogP contribution in [0.15, 0.2) is 23.4 Å². The van der Waals surface area contributed by atoms with Crippen molar-refractivity contribution in [2.45, 2.75) is 13.0 Å². The number of halogens is 3. The number of amidine groups is 1. The highest BCUT2D eigenvalue weighted by atomic mass is 19.3. The quantitative estimate of drug-likeness (QED) is 0.360. The molecular formula is C10H11F3N2O2. The molecular weight excluding hydrogens is 237 g/mol. The maximum atomic E-state index is 13.1. The number of hydrogen-bond acceptors (Lipinski definition) is 3. The van der Waals surface area contributed by atoms with Gasteiger partial charge in [0, 0.05) is 5.56 Å². The van der Waals surface area contributed by atoms with E-state index in [1.54, 1.807) is 0 Å². The summed E-state index contributed by atoms with van der Waals surface area (Å²) in [6.07, 6.45) is -2.58. The summed E-state index contributed by atoms with van der Waals surface area (Å²) in [6, 6.07) is 3.58. The zero-order chi connectivity index (χ0) is 12.8. The van der Waals surface area contributed by atoms with Crippen LogP contribution in [0.25, 0.3) is 0 Å². The second-order valence-corrected chi connectivity index (χ2v) is 3.24. The molecule has 1 rings (SSSR count). The van der Waals surface area contributed by atoms with E-state index in [9.17, 15) is 13.2 Å². The molecule has 7 heteroatoms. The number of alkyl halides is 2. The lowest BCUT2D eigenvalue weighted by Crippen LogP contribution is -2.14. The number of rotatable bonds is 5. The van der Waals surface area contributed by atoms with Gasteiger partial charge in [-0.1, -0.05) is 5.16 Å². The third-order valence-corrected chi connectivity index (χ3v) is 1.87. The first-order chi connectivity index (χ1) is 8.02. The van der Waals surface area contributed by atoms with E-state index < -0.39 is 18.8 Å². The minimum atomic E-state index is -2.58. The van der Waals surface area contributed by atoms with Crippen LogP contribution < -0.4 is 5.73 Å². The Balaban J connectivity index is 2.76. The molecule has 3 N–H and O–H groups in total. The molecule has 1 aromatic rings. The fraction of sp³-hybridized carbons (Fsp3) is 0.300. The summed E-state index contributed by atoms with van der Waals surface area (Å²) in [5.41, 5.74) is 5.76. The van der Waals surface area contributed by atoms with Gasteiger partial charge in [-0.25, -0.2) is 13.2 Å². The van der Waals surface area contributed by atoms with Crippen LogP contribution in [0, 0.1) is 5.82 Å². The van der Waals surface area contributed by atoms with Crippen molar-refractivity contribution in [1.29, 1.82) is 0 Å². The molecule has 0 aliphatic rings. The number of nitrogens with two attached hydrogens (primary N) is 1. The van der Waals surface area contributed by atoms with Crippen LogP contribution in [0.1, 0.15) is 11.1 Å². The van der Waals surface area contributed by atoms with Crippen molar-refractivity contribution >= 4 is 5.84 Å². The lowest BCUT2D eigenvalue weighted by molar-refractivity contribution is 0.00982. The summed E-state index contributed by atoms with van der Waals surface area (Å²) in [5.74, 6) is -0.885. The number of benzene rings is 1. The van der Waals surface area contributed by atoms with Crippen LogP contribution in [0.2, 0.25) is 0 Å². The average Bonchev–Trinajstić information content (AvgIpc) is 2.26. The molecule has 0 atom stereocenters. The van der Waals surface area contributed by atoms with E-state index in [0.717, 1.165) is 12.1 Å². The fourth-order valence-electron chi connectivity index (χ4n) is 1.21. The van der Waals surface area contributed by atoms with Gasteiger partial charge in [-0.15, -0.1) is 0 Å². The molecule has 0 fully saturated rings. The zero-order valence-electron chi connectivity index (χ0n) is 8.74. The molecule has 0 aliphatic heterocycles. The van der Waals surface area contributed by atoms with E-state index in [1.807, 2.05) is 0 Å². The van der Waals surface area contributed by atoms with Gasteiger partial charge in [0.15, 0.2) is 5.84 Å². The molecule has 0 saturated carbocycles. The van der Waals surface area contributed by atoms with Crippen molar-refractivity contribution in [2.75, 3.05) is 6.61 Å². The number of oxime groups is 1. The molecule has 17 heavy (non-hydrogen) atoms. The molecule has 0 unspecified atom stereocenters. The first kappa shape index (κ1) is 13.3. The van der Waals surface area contributed by atoms with E-state index >= 15 is 0 Å². The highest BCUT2D eigenvalue weighted by Crippen LogP contribution is 2.11. The van der Waals surface area contributed by atoms with Crippen LogP contribution in [-0.2, 0) is 11.3 Å². The largest absolute Gasteiger partial charge is 0.409 e. The molecule has 0 radical (unpaired) electrons. The predicted molar refractivity (Wildman–Crippen MR) is 54.6 cm³/mol. The molecule has 1 aromatic carbocycles. The summed E-state index contributed by atoms with van der Waals surface area (Å²) >= 11 is 0. The van der Waals surface area contributed by atoms with Crippen molar-refractivity contribution in [3.05, 3.63) is 35.1 Å². The van der Waals surface area contributed by atoms with Gasteiger partial charge in [0.2, 0.25) is 0 Å². The van der Waals surface area contributed by atoms with Crippen molar-refractivity contribution in [2.24, 2.45) is 10.9 Å². The minimum absolute atomic E-state index is 0.156. The SMILES string of the molecule is N/C(=N/O)c1cc(F)cc(COCC(F)F)c1. The number of hydrogen-bond donors (Lipinski definition) is 2. The Kier molecular flexibility index (Phi) is 4.77. The Morgan fingerprint density at radius 2 is 2.12 bits per heavy atom. The van der Waals surface area contributed by atoms with Gasteiger partial charge in [-0.05, 0) is 23.8 Å². The molecule has 0 saturated heterocycles. The van der Waals surface area contributed by atoms with Gasteiger partial charge in [0.25, 0.3) is 6.43 Å². The predicted octanol–water partition coefficient (Wildman–Crippen LogP) is 1.70. The average molecular weight is 248 g/mol. The van der Waals surface area contributed by atoms with Gasteiger partial charge in [0.05, 0.1) is 6.61 Å². The molecule has 0 spiro atoms. The maximum absolute atomic E-state index is 13.1. The van der Waals surface area contributed by atoms with Crippen LogP contribution in [-0.4, -0.2) is 24.1 Å². The number of ether oxygens (including phenoxy) is 1. The summed E-state index contributed by atoms with van der Waals surface area (Å²) in [4.78, 5) is 0. The summed E-state index contributed by atoms with van der Waals surface area (Å²) in [6.45, 7) is -0.900. The second-order valence-electron chi connectivity index (χ2n) is 3.24. The molecule has 94 valence electrons. The standard InChI is InChI=1S/C10H11F3N2O2/c11-8-2-6(4-17-5-9(12)13)1-7(3-8)10(14)15-16/h1-3,9,16H,4-5H2,(H2,14,15). The maximum Gasteiger partial charge on any atom is 0.261 e. The first-order valence-electron chi connectivity index (χ1n) is 4.66. The van der Waals surface area contributed by atoms with Crippen molar-refractivity contribution in [3.8, 4) is 0 Å². The summed E-state index contributed by atoms with van der Waals surface area (Å²) < 4.78 is 41.4. The Labute approximate surface area is 95.5 Å². The van der Waals surface area contributed by atoms with Gasteiger partial charge < -0.3 is 15.7 Å². The van der Waals surface area contributed by atoms with Gasteiger partial charge in [0.1, 0.15) is 12.4 Å². The first-order valence-corrected chi connectivity index (χ1v) is 4.66. The van der Waals surface area contributed by atoms with E-state index in [-0.39, 0.29) is 18.0 Å². The monoisotopic (exact) mass is 248 g/mol. The van der Waals surface area contributed by atoms with E-state index in [0.29, 0.717) is 5.56 Å². The Bertz CT molecular complexity index is 411. The lowest BCUT2D eigenvalue weighted by atomic mass is 10.1. The Morgan fingerprint density at radius 3 is 2.71 bits per heavy atom. The van der Waals surface area contributed by atoms with Crippen molar-refractivity contribution in [3.63, 3.8) is 0 Å². The Hall–Kier alpha value is -1.76. The highest BCUT2D eigenvalue weighted by molar-refractivity contribution is 5.97. The zero-order valence-corrected chi connectivity index (χ0v) is 8.74. The topological polar surface area (TPSA) is 67.8 Å². The molecule has 0 bridgehead atoms. The molecule has 0 aliphatic carbocycles. The summed E-state index contributed by atoms with van der Waals surface area (Å²) in [7, 11) is 0. The highest BCUT2D eigenvalue weighted by Gasteiger charge is 2.07. The van der Waals surface area contributed by atoms with Crippen LogP contribution in [0.5, 0.6) is 0 Å². The summed E-state index contributed by atoms with van der Waals surface area (Å²) in [5, 5.41) is 11.1. The normalized spacial score (nSPS) is 12.1. The second kappa shape index (κ2) is 6.09. The van der Waals surface area contributed by atoms with Crippen LogP contribution in [0.4, 0.5) is 13.2 Å². The molecule has 4 nitrogen and oxygen atoms in total. The molecule has 0 amide bonds. The number of nitrogens with zero attached hydrogens (tertiary/aromatic N) is 1. The van der Waals surface area contributed by atoms with Gasteiger partial charge >= 0.3 is 0 Å². The van der Waals surface area contributed by atoms with Crippen LogP contribution in [0.3, 0.4) is 0 Å². The van der Waals surface area contributed by atoms with E-state index in [1.165, 1.54) is 6.07 Å². The smallest absolute Gasteiger partial charge is 0.261 e. The fourth-order valence-corrected chi connectivity index (χ4v) is 1.21. The third-order valence-electron chi connectivity index (χ3n) is 1.87. The van der Waals surface area contributed by atoms with Crippen molar-refractivity contribution < 1.29 is 23.1 Å². The Morgan fingerprint density at radius 1 is 1.41 bits per heavy atom. The molecule has 0 aromatic heterocycles. The van der Waals surface area contributed by atoms with E-state index in [4.69, 9.17) is 10.9 Å². The van der Waals surface area contributed by atoms with E-state index in [2.05, 4.69) is 9.89 Å². The van der Waals surface area contributed by atoms with Gasteiger partial charge in [-0.2, -0.15) is 0 Å². The van der Waals surface area contributed by atoms with Gasteiger partial charge in [-0.3, -0.25) is 0 Å². The molecule has 0 heterocycles. The lowest BCUT2D eigenvalue weighted by Gasteiger charge is -2.06. The van der Waals surface area contributed by atoms with Crippen molar-refractivity contribution in [1.82, 2.24) is 0 Å². The third kappa shape index (κ3) is 4.31. The van der Waals surface area contributed by atoms with Crippen LogP contribution >= 0.6 is 0 Å².